The van der Waals surface area contributed by atoms with Gasteiger partial charge in [-0.15, -0.1) is 0 Å². The minimum atomic E-state index is -1.04. The normalized spacial score (nSPS) is 10.4. The van der Waals surface area contributed by atoms with Crippen LogP contribution in [0.5, 0.6) is 5.75 Å². The van der Waals surface area contributed by atoms with Gasteiger partial charge < -0.3 is 15.2 Å². The predicted molar refractivity (Wildman–Crippen MR) is 79.7 cm³/mol. The second-order valence-corrected chi connectivity index (χ2v) is 4.75. The quantitative estimate of drug-likeness (QED) is 0.858. The van der Waals surface area contributed by atoms with Gasteiger partial charge in [0.15, 0.2) is 0 Å². The molecule has 1 aromatic heterocycles. The summed E-state index contributed by atoms with van der Waals surface area (Å²) >= 11 is 6.14. The van der Waals surface area contributed by atoms with E-state index in [1.54, 1.807) is 25.3 Å². The third-order valence-corrected chi connectivity index (χ3v) is 3.28. The van der Waals surface area contributed by atoms with Crippen molar-refractivity contribution in [1.82, 2.24) is 10.3 Å². The van der Waals surface area contributed by atoms with Crippen molar-refractivity contribution in [2.45, 2.75) is 13.1 Å². The number of methoxy groups -OCH3 is 1. The van der Waals surface area contributed by atoms with Gasteiger partial charge in [0.2, 0.25) is 0 Å². The van der Waals surface area contributed by atoms with Crippen molar-refractivity contribution in [3.05, 3.63) is 58.4 Å². The fraction of sp³-hybridized carbons (Fsp3) is 0.200. The number of carboxylic acids is 1. The molecule has 0 radical (unpaired) electrons. The van der Waals surface area contributed by atoms with Gasteiger partial charge in [0.25, 0.3) is 0 Å². The SMILES string of the molecule is COc1cccc(Cl)c1CNCc1cccc(C(=O)O)n1. The van der Waals surface area contributed by atoms with E-state index in [9.17, 15) is 4.79 Å². The number of halogens is 1. The zero-order valence-corrected chi connectivity index (χ0v) is 12.2. The molecule has 5 nitrogen and oxygen atoms in total. The minimum absolute atomic E-state index is 0.0321. The Labute approximate surface area is 127 Å². The van der Waals surface area contributed by atoms with E-state index in [-0.39, 0.29) is 5.69 Å². The van der Waals surface area contributed by atoms with Crippen molar-refractivity contribution >= 4 is 17.6 Å². The first-order valence-electron chi connectivity index (χ1n) is 6.33. The van der Waals surface area contributed by atoms with E-state index < -0.39 is 5.97 Å². The van der Waals surface area contributed by atoms with Gasteiger partial charge in [-0.2, -0.15) is 0 Å². The second-order valence-electron chi connectivity index (χ2n) is 4.34. The van der Waals surface area contributed by atoms with Crippen LogP contribution in [0.3, 0.4) is 0 Å². The zero-order valence-electron chi connectivity index (χ0n) is 11.5. The molecule has 0 saturated carbocycles. The Kier molecular flexibility index (Phi) is 5.14. The molecule has 0 unspecified atom stereocenters. The molecular formula is C15H15ClN2O3. The first-order chi connectivity index (χ1) is 10.1. The Hall–Kier alpha value is -2.11. The molecule has 0 aliphatic carbocycles. The van der Waals surface area contributed by atoms with Crippen LogP contribution in [0, 0.1) is 0 Å². The molecule has 0 aliphatic heterocycles. The van der Waals surface area contributed by atoms with Gasteiger partial charge >= 0.3 is 5.97 Å². The molecule has 0 amide bonds. The molecular weight excluding hydrogens is 292 g/mol. The Morgan fingerprint density at radius 1 is 1.29 bits per heavy atom. The van der Waals surface area contributed by atoms with Crippen LogP contribution in [0.2, 0.25) is 5.02 Å². The number of benzene rings is 1. The average molecular weight is 307 g/mol. The lowest BCUT2D eigenvalue weighted by Gasteiger charge is -2.11. The lowest BCUT2D eigenvalue weighted by Crippen LogP contribution is -2.15. The maximum atomic E-state index is 10.9. The van der Waals surface area contributed by atoms with Crippen molar-refractivity contribution in [3.63, 3.8) is 0 Å². The molecule has 0 spiro atoms. The van der Waals surface area contributed by atoms with Gasteiger partial charge in [0.1, 0.15) is 11.4 Å². The Bertz CT molecular complexity index is 647. The maximum Gasteiger partial charge on any atom is 0.354 e. The molecule has 0 bridgehead atoms. The van der Waals surface area contributed by atoms with E-state index in [2.05, 4.69) is 10.3 Å². The molecule has 2 N–H and O–H groups in total. The lowest BCUT2D eigenvalue weighted by atomic mass is 10.2. The van der Waals surface area contributed by atoms with Gasteiger partial charge in [0, 0.05) is 23.7 Å². The number of carboxylic acid groups (broad SMARTS) is 1. The van der Waals surface area contributed by atoms with E-state index in [0.29, 0.717) is 29.6 Å². The highest BCUT2D eigenvalue weighted by atomic mass is 35.5. The van der Waals surface area contributed by atoms with E-state index in [0.717, 1.165) is 5.56 Å². The Balaban J connectivity index is 2.02. The van der Waals surface area contributed by atoms with E-state index in [4.69, 9.17) is 21.4 Å². The number of nitrogens with zero attached hydrogens (tertiary/aromatic N) is 1. The number of hydrogen-bond donors (Lipinski definition) is 2. The number of rotatable bonds is 6. The summed E-state index contributed by atoms with van der Waals surface area (Å²) in [7, 11) is 1.59. The second kappa shape index (κ2) is 7.06. The van der Waals surface area contributed by atoms with Crippen molar-refractivity contribution in [1.29, 1.82) is 0 Å². The van der Waals surface area contributed by atoms with Gasteiger partial charge in [-0.3, -0.25) is 0 Å². The van der Waals surface area contributed by atoms with E-state index in [1.165, 1.54) is 6.07 Å². The molecule has 0 fully saturated rings. The largest absolute Gasteiger partial charge is 0.496 e. The van der Waals surface area contributed by atoms with Crippen LogP contribution in [0.15, 0.2) is 36.4 Å². The van der Waals surface area contributed by atoms with Crippen molar-refractivity contribution in [2.24, 2.45) is 0 Å². The highest BCUT2D eigenvalue weighted by Crippen LogP contribution is 2.25. The number of aromatic nitrogens is 1. The Morgan fingerprint density at radius 2 is 2.05 bits per heavy atom. The van der Waals surface area contributed by atoms with Crippen LogP contribution in [-0.4, -0.2) is 23.2 Å². The summed E-state index contributed by atoms with van der Waals surface area (Å²) in [6, 6.07) is 10.4. The molecule has 0 aliphatic rings. The summed E-state index contributed by atoms with van der Waals surface area (Å²) in [5.41, 5.74) is 1.54. The third-order valence-electron chi connectivity index (χ3n) is 2.93. The summed E-state index contributed by atoms with van der Waals surface area (Å²) in [5.74, 6) is -0.327. The molecule has 21 heavy (non-hydrogen) atoms. The van der Waals surface area contributed by atoms with Crippen molar-refractivity contribution in [2.75, 3.05) is 7.11 Å². The highest BCUT2D eigenvalue weighted by molar-refractivity contribution is 6.31. The first kappa shape index (κ1) is 15.3. The summed E-state index contributed by atoms with van der Waals surface area (Å²) in [4.78, 5) is 14.9. The van der Waals surface area contributed by atoms with E-state index in [1.807, 2.05) is 12.1 Å². The van der Waals surface area contributed by atoms with Crippen LogP contribution in [0.4, 0.5) is 0 Å². The van der Waals surface area contributed by atoms with Crippen LogP contribution in [0.1, 0.15) is 21.7 Å². The number of carbonyl (C=O) groups is 1. The fourth-order valence-electron chi connectivity index (χ4n) is 1.91. The van der Waals surface area contributed by atoms with Gasteiger partial charge in [0.05, 0.1) is 12.8 Å². The van der Waals surface area contributed by atoms with Crippen LogP contribution >= 0.6 is 11.6 Å². The summed E-state index contributed by atoms with van der Waals surface area (Å²) in [5, 5.41) is 12.7. The number of aromatic carboxylic acids is 1. The lowest BCUT2D eigenvalue weighted by molar-refractivity contribution is 0.0690. The zero-order chi connectivity index (χ0) is 15.2. The van der Waals surface area contributed by atoms with Crippen LogP contribution < -0.4 is 10.1 Å². The molecule has 2 rings (SSSR count). The van der Waals surface area contributed by atoms with Gasteiger partial charge in [-0.05, 0) is 24.3 Å². The summed E-state index contributed by atoms with van der Waals surface area (Å²) in [6.07, 6.45) is 0. The summed E-state index contributed by atoms with van der Waals surface area (Å²) < 4.78 is 5.26. The number of hydrogen-bond acceptors (Lipinski definition) is 4. The standard InChI is InChI=1S/C15H15ClN2O3/c1-21-14-7-3-5-12(16)11(14)9-17-8-10-4-2-6-13(18-10)15(19)20/h2-7,17H,8-9H2,1H3,(H,19,20). The Morgan fingerprint density at radius 3 is 2.76 bits per heavy atom. The maximum absolute atomic E-state index is 10.9. The molecule has 0 atom stereocenters. The summed E-state index contributed by atoms with van der Waals surface area (Å²) in [6.45, 7) is 0.942. The predicted octanol–water partition coefficient (Wildman–Crippen LogP) is 2.73. The monoisotopic (exact) mass is 306 g/mol. The minimum Gasteiger partial charge on any atom is -0.496 e. The molecule has 110 valence electrons. The fourth-order valence-corrected chi connectivity index (χ4v) is 2.15. The first-order valence-corrected chi connectivity index (χ1v) is 6.71. The highest BCUT2D eigenvalue weighted by Gasteiger charge is 2.08. The molecule has 1 heterocycles. The average Bonchev–Trinajstić information content (AvgIpc) is 2.49. The van der Waals surface area contributed by atoms with Crippen LogP contribution in [0.25, 0.3) is 0 Å². The number of pyridine rings is 1. The van der Waals surface area contributed by atoms with Crippen molar-refractivity contribution < 1.29 is 14.6 Å². The van der Waals surface area contributed by atoms with Crippen LogP contribution in [-0.2, 0) is 13.1 Å². The third kappa shape index (κ3) is 3.93. The topological polar surface area (TPSA) is 71.5 Å². The molecule has 1 aromatic carbocycles. The van der Waals surface area contributed by atoms with Gasteiger partial charge in [-0.1, -0.05) is 23.7 Å². The number of ether oxygens (including phenoxy) is 1. The molecule has 0 saturated heterocycles. The molecule has 2 aromatic rings. The number of nitrogens with one attached hydrogen (secondary N) is 1. The van der Waals surface area contributed by atoms with Crippen molar-refractivity contribution in [3.8, 4) is 5.75 Å². The smallest absolute Gasteiger partial charge is 0.354 e. The molecule has 6 heteroatoms. The van der Waals surface area contributed by atoms with E-state index >= 15 is 0 Å². The van der Waals surface area contributed by atoms with Gasteiger partial charge in [-0.25, -0.2) is 9.78 Å².